The predicted molar refractivity (Wildman–Crippen MR) is 86.2 cm³/mol. The molecule has 2 N–H and O–H groups in total. The van der Waals surface area contributed by atoms with Crippen molar-refractivity contribution in [2.24, 2.45) is 0 Å². The van der Waals surface area contributed by atoms with Crippen LogP contribution in [0.15, 0.2) is 24.3 Å². The number of benzene rings is 1. The van der Waals surface area contributed by atoms with E-state index < -0.39 is 23.8 Å². The molecule has 10 heteroatoms. The van der Waals surface area contributed by atoms with E-state index in [1.165, 1.54) is 31.1 Å². The molecule has 1 aromatic carbocycles. The molecule has 0 spiro atoms. The van der Waals surface area contributed by atoms with Gasteiger partial charge in [0, 0.05) is 26.7 Å². The summed E-state index contributed by atoms with van der Waals surface area (Å²) < 4.78 is 52.2. The molecule has 0 bridgehead atoms. The number of halogens is 5. The van der Waals surface area contributed by atoms with Gasteiger partial charge in [0.05, 0.1) is 11.1 Å². The molecule has 0 saturated heterocycles. The fourth-order valence-corrected chi connectivity index (χ4v) is 2.03. The summed E-state index contributed by atoms with van der Waals surface area (Å²) in [5.74, 6) is -0.952. The lowest BCUT2D eigenvalue weighted by atomic mass is 10.1. The van der Waals surface area contributed by atoms with E-state index in [2.05, 4.69) is 15.3 Å². The van der Waals surface area contributed by atoms with Gasteiger partial charge in [-0.1, -0.05) is 17.7 Å². The molecule has 1 heterocycles. The first-order chi connectivity index (χ1) is 11.6. The maximum absolute atomic E-state index is 13.4. The van der Waals surface area contributed by atoms with Gasteiger partial charge < -0.3 is 15.3 Å². The second kappa shape index (κ2) is 7.40. The summed E-state index contributed by atoms with van der Waals surface area (Å²) in [4.78, 5) is 8.74. The van der Waals surface area contributed by atoms with E-state index in [0.717, 1.165) is 12.1 Å². The molecule has 1 unspecified atom stereocenters. The van der Waals surface area contributed by atoms with E-state index in [1.54, 1.807) is 0 Å². The smallest absolute Gasteiger partial charge is 0.387 e. The molecule has 0 aliphatic heterocycles. The van der Waals surface area contributed by atoms with Crippen LogP contribution in [0.2, 0.25) is 5.02 Å². The predicted octanol–water partition coefficient (Wildman–Crippen LogP) is 3.50. The first-order valence-electron chi connectivity index (χ1n) is 7.08. The van der Waals surface area contributed by atoms with E-state index in [1.807, 2.05) is 0 Å². The molecule has 0 aliphatic carbocycles. The van der Waals surface area contributed by atoms with Gasteiger partial charge in [-0.3, -0.25) is 0 Å². The second-order valence-electron chi connectivity index (χ2n) is 5.40. The van der Waals surface area contributed by atoms with Crippen LogP contribution in [0.4, 0.5) is 29.3 Å². The lowest BCUT2D eigenvalue weighted by Gasteiger charge is -2.17. The van der Waals surface area contributed by atoms with Gasteiger partial charge in [-0.15, -0.1) is 0 Å². The molecule has 0 fully saturated rings. The highest BCUT2D eigenvalue weighted by Crippen LogP contribution is 2.30. The zero-order chi connectivity index (χ0) is 18.8. The summed E-state index contributed by atoms with van der Waals surface area (Å²) in [6, 6.07) is 4.56. The topological polar surface area (TPSA) is 61.3 Å². The standard InChI is InChI=1S/C15H15ClF4N4O/c1-24(2)13-6-12(15(18,19)20)22-14(23-13)21-7-11(25)8-3-4-9(16)10(17)5-8/h3-6,11,25H,7H2,1-2H3,(H,21,22,23). The minimum atomic E-state index is -4.64. The van der Waals surface area contributed by atoms with Crippen LogP contribution < -0.4 is 10.2 Å². The minimum absolute atomic E-state index is 0.0526. The van der Waals surface area contributed by atoms with Crippen LogP contribution in [0.3, 0.4) is 0 Å². The van der Waals surface area contributed by atoms with Crippen molar-refractivity contribution in [2.75, 3.05) is 30.9 Å². The number of hydrogen-bond donors (Lipinski definition) is 2. The molecule has 2 aromatic rings. The highest BCUT2D eigenvalue weighted by atomic mass is 35.5. The van der Waals surface area contributed by atoms with Crippen molar-refractivity contribution in [3.8, 4) is 0 Å². The van der Waals surface area contributed by atoms with Gasteiger partial charge in [-0.05, 0) is 17.7 Å². The monoisotopic (exact) mass is 378 g/mol. The van der Waals surface area contributed by atoms with Gasteiger partial charge in [-0.2, -0.15) is 18.2 Å². The van der Waals surface area contributed by atoms with Crippen LogP contribution >= 0.6 is 11.6 Å². The average molecular weight is 379 g/mol. The van der Waals surface area contributed by atoms with Crippen LogP contribution in [0, 0.1) is 5.82 Å². The third kappa shape index (κ3) is 4.93. The first-order valence-corrected chi connectivity index (χ1v) is 7.46. The number of hydrogen-bond acceptors (Lipinski definition) is 5. The molecule has 0 aliphatic rings. The van der Waals surface area contributed by atoms with E-state index in [9.17, 15) is 22.7 Å². The quantitative estimate of drug-likeness (QED) is 0.780. The molecule has 25 heavy (non-hydrogen) atoms. The maximum atomic E-state index is 13.4. The van der Waals surface area contributed by atoms with Gasteiger partial charge >= 0.3 is 6.18 Å². The van der Waals surface area contributed by atoms with Crippen molar-refractivity contribution in [1.82, 2.24) is 9.97 Å². The summed E-state index contributed by atoms with van der Waals surface area (Å²) >= 11 is 5.56. The number of nitrogens with one attached hydrogen (secondary N) is 1. The van der Waals surface area contributed by atoms with Crippen LogP contribution in [-0.2, 0) is 6.18 Å². The Hall–Kier alpha value is -2.13. The summed E-state index contributed by atoms with van der Waals surface area (Å²) in [7, 11) is 3.08. The zero-order valence-electron chi connectivity index (χ0n) is 13.3. The van der Waals surface area contributed by atoms with E-state index >= 15 is 0 Å². The van der Waals surface area contributed by atoms with Gasteiger partial charge in [0.1, 0.15) is 11.6 Å². The fourth-order valence-electron chi connectivity index (χ4n) is 1.91. The third-order valence-electron chi connectivity index (χ3n) is 3.24. The fraction of sp³-hybridized carbons (Fsp3) is 0.333. The van der Waals surface area contributed by atoms with E-state index in [-0.39, 0.29) is 28.9 Å². The van der Waals surface area contributed by atoms with Gasteiger partial charge in [0.15, 0.2) is 5.69 Å². The van der Waals surface area contributed by atoms with E-state index in [4.69, 9.17) is 11.6 Å². The normalized spacial score (nSPS) is 12.8. The molecular weight excluding hydrogens is 364 g/mol. The van der Waals surface area contributed by atoms with Crippen LogP contribution in [0.25, 0.3) is 0 Å². The lowest BCUT2D eigenvalue weighted by molar-refractivity contribution is -0.141. The first kappa shape index (κ1) is 19.2. The zero-order valence-corrected chi connectivity index (χ0v) is 14.0. The van der Waals surface area contributed by atoms with Crippen LogP contribution in [-0.4, -0.2) is 35.7 Å². The van der Waals surface area contributed by atoms with Crippen molar-refractivity contribution < 1.29 is 22.7 Å². The number of alkyl halides is 3. The van der Waals surface area contributed by atoms with Gasteiger partial charge in [-0.25, -0.2) is 9.37 Å². The molecule has 0 radical (unpaired) electrons. The number of nitrogens with zero attached hydrogens (tertiary/aromatic N) is 3. The minimum Gasteiger partial charge on any atom is -0.387 e. The second-order valence-corrected chi connectivity index (χ2v) is 5.80. The highest BCUT2D eigenvalue weighted by molar-refractivity contribution is 6.30. The largest absolute Gasteiger partial charge is 0.433 e. The van der Waals surface area contributed by atoms with Crippen molar-refractivity contribution >= 4 is 23.4 Å². The summed E-state index contributed by atoms with van der Waals surface area (Å²) in [6.45, 7) is -0.213. The number of rotatable bonds is 5. The Kier molecular flexibility index (Phi) is 5.69. The van der Waals surface area contributed by atoms with Gasteiger partial charge in [0.2, 0.25) is 5.95 Å². The number of anilines is 2. The number of aliphatic hydroxyl groups excluding tert-OH is 1. The maximum Gasteiger partial charge on any atom is 0.433 e. The Morgan fingerprint density at radius 2 is 1.92 bits per heavy atom. The van der Waals surface area contributed by atoms with Crippen LogP contribution in [0.1, 0.15) is 17.4 Å². The SMILES string of the molecule is CN(C)c1cc(C(F)(F)F)nc(NCC(O)c2ccc(Cl)c(F)c2)n1. The highest BCUT2D eigenvalue weighted by Gasteiger charge is 2.34. The van der Waals surface area contributed by atoms with Crippen molar-refractivity contribution in [3.63, 3.8) is 0 Å². The van der Waals surface area contributed by atoms with Crippen molar-refractivity contribution in [2.45, 2.75) is 12.3 Å². The Morgan fingerprint density at radius 1 is 1.24 bits per heavy atom. The third-order valence-corrected chi connectivity index (χ3v) is 3.55. The molecular formula is C15H15ClF4N4O. The molecule has 1 atom stereocenters. The average Bonchev–Trinajstić information content (AvgIpc) is 2.54. The molecule has 1 aromatic heterocycles. The van der Waals surface area contributed by atoms with E-state index in [0.29, 0.717) is 0 Å². The Labute approximate surface area is 146 Å². The van der Waals surface area contributed by atoms with Crippen LogP contribution in [0.5, 0.6) is 0 Å². The molecule has 0 saturated carbocycles. The summed E-state index contributed by atoms with van der Waals surface area (Å²) in [5, 5.41) is 12.5. The lowest BCUT2D eigenvalue weighted by Crippen LogP contribution is -2.19. The summed E-state index contributed by atoms with van der Waals surface area (Å²) in [6.07, 6.45) is -5.82. The molecule has 136 valence electrons. The summed E-state index contributed by atoms with van der Waals surface area (Å²) in [5.41, 5.74) is -0.894. The molecule has 2 rings (SSSR count). The Bertz CT molecular complexity index is 755. The molecule has 0 amide bonds. The van der Waals surface area contributed by atoms with Gasteiger partial charge in [0.25, 0.3) is 0 Å². The number of aromatic nitrogens is 2. The number of aliphatic hydroxyl groups is 1. The Balaban J connectivity index is 2.18. The van der Waals surface area contributed by atoms with Crippen molar-refractivity contribution in [3.05, 3.63) is 46.4 Å². The van der Waals surface area contributed by atoms with Crippen molar-refractivity contribution in [1.29, 1.82) is 0 Å². The Morgan fingerprint density at radius 3 is 2.48 bits per heavy atom. The molecule has 5 nitrogen and oxygen atoms in total.